The summed E-state index contributed by atoms with van der Waals surface area (Å²) in [6.07, 6.45) is -0.126. The molecule has 2 N–H and O–H groups in total. The topological polar surface area (TPSA) is 124 Å². The number of hydrogen-bond acceptors (Lipinski definition) is 8. The SMILES string of the molecule is C[Si](C)(C)CCOCOc1ccc(C(O)CNC(=O)COc2ccc(Br)cc2F)cc1N(COCC[Si](C)(C)C)S(C)(=O)=O. The van der Waals surface area contributed by atoms with Crippen LogP contribution in [-0.2, 0) is 24.3 Å². The number of anilines is 1. The Balaban J connectivity index is 2.17. The second kappa shape index (κ2) is 17.1. The molecular weight excluding hydrogens is 691 g/mol. The van der Waals surface area contributed by atoms with Crippen molar-refractivity contribution in [2.45, 2.75) is 57.5 Å². The van der Waals surface area contributed by atoms with Crippen LogP contribution in [0.15, 0.2) is 40.9 Å². The Hall–Kier alpha value is -2.02. The van der Waals surface area contributed by atoms with Gasteiger partial charge in [-0.25, -0.2) is 17.1 Å². The molecule has 248 valence electrons. The van der Waals surface area contributed by atoms with E-state index in [0.717, 1.165) is 22.6 Å². The molecule has 10 nitrogen and oxygen atoms in total. The van der Waals surface area contributed by atoms with Gasteiger partial charge in [0.1, 0.15) is 12.5 Å². The lowest BCUT2D eigenvalue weighted by molar-refractivity contribution is -0.123. The molecule has 0 spiro atoms. The summed E-state index contributed by atoms with van der Waals surface area (Å²) < 4.78 is 63.9. The summed E-state index contributed by atoms with van der Waals surface area (Å²) in [5, 5.41) is 13.4. The van der Waals surface area contributed by atoms with E-state index in [1.54, 1.807) is 18.2 Å². The second-order valence-corrected chi connectivity index (χ2v) is 26.9. The van der Waals surface area contributed by atoms with E-state index in [1.165, 1.54) is 18.2 Å². The summed E-state index contributed by atoms with van der Waals surface area (Å²) in [6.45, 7) is 13.3. The summed E-state index contributed by atoms with van der Waals surface area (Å²) in [4.78, 5) is 12.3. The van der Waals surface area contributed by atoms with E-state index in [1.807, 2.05) is 0 Å². The molecule has 1 atom stereocenters. The van der Waals surface area contributed by atoms with Crippen LogP contribution < -0.4 is 19.1 Å². The number of aliphatic hydroxyl groups excluding tert-OH is 1. The average Bonchev–Trinajstić information content (AvgIpc) is 2.89. The first-order valence-corrected chi connectivity index (χ1v) is 24.3. The summed E-state index contributed by atoms with van der Waals surface area (Å²) in [6, 6.07) is 10.6. The van der Waals surface area contributed by atoms with Crippen molar-refractivity contribution in [2.24, 2.45) is 0 Å². The average molecular weight is 738 g/mol. The number of halogens is 2. The standard InChI is InChI=1S/C29H46BrFN2O8SSi2/c1-42(36,37)33(20-38-12-14-43(2,3)4)25-16-22(8-10-28(25)41-21-39-13-15-44(5,6)7)26(34)18-32-29(35)19-40-27-11-9-23(30)17-24(27)31/h8-11,16-17,26,34H,12-15,18-21H2,1-7H3,(H,32,35). The molecule has 0 aliphatic rings. The Bertz CT molecular complexity index is 1340. The molecule has 1 unspecified atom stereocenters. The van der Waals surface area contributed by atoms with Gasteiger partial charge in [-0.1, -0.05) is 61.3 Å². The maximum Gasteiger partial charge on any atom is 0.258 e. The molecule has 0 aliphatic heterocycles. The maximum atomic E-state index is 14.0. The van der Waals surface area contributed by atoms with E-state index in [4.69, 9.17) is 18.9 Å². The molecule has 0 aliphatic carbocycles. The van der Waals surface area contributed by atoms with Crippen molar-refractivity contribution >= 4 is 53.7 Å². The molecule has 0 saturated carbocycles. The molecule has 15 heteroatoms. The zero-order chi connectivity index (χ0) is 33.1. The first-order valence-electron chi connectivity index (χ1n) is 14.3. The minimum absolute atomic E-state index is 0.0809. The molecule has 0 fully saturated rings. The van der Waals surface area contributed by atoms with Gasteiger partial charge < -0.3 is 29.4 Å². The highest BCUT2D eigenvalue weighted by atomic mass is 79.9. The van der Waals surface area contributed by atoms with E-state index in [0.29, 0.717) is 23.2 Å². The molecule has 2 rings (SSSR count). The number of benzene rings is 2. The molecule has 2 aromatic rings. The minimum atomic E-state index is -3.82. The Morgan fingerprint density at radius 1 is 0.977 bits per heavy atom. The van der Waals surface area contributed by atoms with Gasteiger partial charge in [0.15, 0.2) is 25.0 Å². The highest BCUT2D eigenvalue weighted by Crippen LogP contribution is 2.33. The van der Waals surface area contributed by atoms with Crippen molar-refractivity contribution in [3.63, 3.8) is 0 Å². The van der Waals surface area contributed by atoms with Gasteiger partial charge in [-0.05, 0) is 48.0 Å². The number of nitrogens with zero attached hydrogens (tertiary/aromatic N) is 1. The molecule has 0 saturated heterocycles. The molecule has 2 aromatic carbocycles. The highest BCUT2D eigenvalue weighted by Gasteiger charge is 2.24. The molecule has 0 radical (unpaired) electrons. The van der Waals surface area contributed by atoms with Crippen LogP contribution in [0.2, 0.25) is 51.4 Å². The van der Waals surface area contributed by atoms with Crippen LogP contribution in [0.1, 0.15) is 11.7 Å². The number of nitrogens with one attached hydrogen (secondary N) is 1. The van der Waals surface area contributed by atoms with Crippen LogP contribution in [0.5, 0.6) is 11.5 Å². The smallest absolute Gasteiger partial charge is 0.258 e. The predicted octanol–water partition coefficient (Wildman–Crippen LogP) is 5.59. The molecule has 44 heavy (non-hydrogen) atoms. The normalized spacial score (nSPS) is 13.0. The fourth-order valence-electron chi connectivity index (χ4n) is 3.59. The third-order valence-electron chi connectivity index (χ3n) is 6.28. The maximum absolute atomic E-state index is 14.0. The summed E-state index contributed by atoms with van der Waals surface area (Å²) in [5.41, 5.74) is 0.508. The lowest BCUT2D eigenvalue weighted by atomic mass is 10.1. The Kier molecular flexibility index (Phi) is 14.8. The van der Waals surface area contributed by atoms with Crippen molar-refractivity contribution in [2.75, 3.05) is 50.5 Å². The summed E-state index contributed by atoms with van der Waals surface area (Å²) >= 11 is 3.16. The Labute approximate surface area is 271 Å². The number of amides is 1. The van der Waals surface area contributed by atoms with E-state index >= 15 is 0 Å². The van der Waals surface area contributed by atoms with Gasteiger partial charge in [-0.15, -0.1) is 0 Å². The number of sulfonamides is 1. The zero-order valence-corrected chi connectivity index (χ0v) is 31.0. The summed E-state index contributed by atoms with van der Waals surface area (Å²) in [5.74, 6) is -1.04. The molecule has 0 heterocycles. The molecule has 0 aromatic heterocycles. The number of hydrogen-bond donors (Lipinski definition) is 2. The van der Waals surface area contributed by atoms with Gasteiger partial charge in [-0.2, -0.15) is 0 Å². The number of aliphatic hydroxyl groups is 1. The van der Waals surface area contributed by atoms with Gasteiger partial charge in [0.2, 0.25) is 10.0 Å². The quantitative estimate of drug-likeness (QED) is 0.109. The highest BCUT2D eigenvalue weighted by molar-refractivity contribution is 9.10. The third-order valence-corrected chi connectivity index (χ3v) is 11.3. The number of rotatable bonds is 19. The van der Waals surface area contributed by atoms with E-state index in [2.05, 4.69) is 60.5 Å². The Morgan fingerprint density at radius 3 is 2.18 bits per heavy atom. The van der Waals surface area contributed by atoms with Gasteiger partial charge in [-0.3, -0.25) is 4.79 Å². The van der Waals surface area contributed by atoms with Crippen LogP contribution in [-0.4, -0.2) is 81.7 Å². The number of ether oxygens (including phenoxy) is 4. The van der Waals surface area contributed by atoms with Crippen molar-refractivity contribution in [3.05, 3.63) is 52.3 Å². The molecule has 0 bridgehead atoms. The first kappa shape index (κ1) is 38.2. The zero-order valence-electron chi connectivity index (χ0n) is 26.6. The molecule has 1 amide bonds. The van der Waals surface area contributed by atoms with Crippen LogP contribution in [0, 0.1) is 5.82 Å². The fourth-order valence-corrected chi connectivity index (χ4v) is 6.20. The summed E-state index contributed by atoms with van der Waals surface area (Å²) in [7, 11) is -6.52. The van der Waals surface area contributed by atoms with Gasteiger partial charge >= 0.3 is 0 Å². The van der Waals surface area contributed by atoms with Crippen molar-refractivity contribution < 1.29 is 41.7 Å². The van der Waals surface area contributed by atoms with Crippen molar-refractivity contribution in [1.29, 1.82) is 0 Å². The minimum Gasteiger partial charge on any atom is -0.481 e. The number of carbonyl (C=O) groups is 1. The van der Waals surface area contributed by atoms with Crippen molar-refractivity contribution in [1.82, 2.24) is 5.32 Å². The van der Waals surface area contributed by atoms with Crippen LogP contribution in [0.3, 0.4) is 0 Å². The molecular formula is C29H46BrFN2O8SSi2. The van der Waals surface area contributed by atoms with Crippen LogP contribution in [0.4, 0.5) is 10.1 Å². The lowest BCUT2D eigenvalue weighted by Gasteiger charge is -2.26. The van der Waals surface area contributed by atoms with E-state index < -0.39 is 50.6 Å². The van der Waals surface area contributed by atoms with E-state index in [-0.39, 0.29) is 37.3 Å². The van der Waals surface area contributed by atoms with Crippen LogP contribution in [0.25, 0.3) is 0 Å². The van der Waals surface area contributed by atoms with Gasteiger partial charge in [0, 0.05) is 40.4 Å². The second-order valence-electron chi connectivity index (χ2n) is 12.9. The van der Waals surface area contributed by atoms with Gasteiger partial charge in [0.25, 0.3) is 5.91 Å². The lowest BCUT2D eigenvalue weighted by Crippen LogP contribution is -2.34. The van der Waals surface area contributed by atoms with Gasteiger partial charge in [0.05, 0.1) is 18.0 Å². The monoisotopic (exact) mass is 736 g/mol. The van der Waals surface area contributed by atoms with Crippen LogP contribution >= 0.6 is 15.9 Å². The Morgan fingerprint density at radius 2 is 1.59 bits per heavy atom. The van der Waals surface area contributed by atoms with E-state index in [9.17, 15) is 22.7 Å². The van der Waals surface area contributed by atoms with Crippen molar-refractivity contribution in [3.8, 4) is 11.5 Å². The predicted molar refractivity (Wildman–Crippen MR) is 180 cm³/mol. The third kappa shape index (κ3) is 14.4. The fraction of sp³-hybridized carbons (Fsp3) is 0.552. The number of carbonyl (C=O) groups excluding carboxylic acids is 1. The first-order chi connectivity index (χ1) is 20.4. The largest absolute Gasteiger partial charge is 0.481 e.